The van der Waals surface area contributed by atoms with Crippen LogP contribution in [0.4, 0.5) is 0 Å². The van der Waals surface area contributed by atoms with Crippen molar-refractivity contribution in [2.24, 2.45) is 4.99 Å². The van der Waals surface area contributed by atoms with Crippen LogP contribution >= 0.6 is 35.3 Å². The van der Waals surface area contributed by atoms with E-state index in [1.807, 2.05) is 19.1 Å². The Kier molecular flexibility index (Phi) is 9.62. The van der Waals surface area contributed by atoms with E-state index in [9.17, 15) is 0 Å². The highest BCUT2D eigenvalue weighted by atomic mass is 127. The fourth-order valence-electron chi connectivity index (χ4n) is 1.93. The van der Waals surface area contributed by atoms with Crippen LogP contribution in [0.25, 0.3) is 0 Å². The molecule has 2 heterocycles. The highest BCUT2D eigenvalue weighted by Gasteiger charge is 2.04. The van der Waals surface area contributed by atoms with Crippen molar-refractivity contribution in [3.63, 3.8) is 0 Å². The number of aliphatic imine (C=N–C) groups is 1. The van der Waals surface area contributed by atoms with E-state index in [4.69, 9.17) is 4.74 Å². The molecule has 0 aliphatic carbocycles. The van der Waals surface area contributed by atoms with Gasteiger partial charge in [0.25, 0.3) is 0 Å². The van der Waals surface area contributed by atoms with E-state index in [2.05, 4.69) is 32.5 Å². The van der Waals surface area contributed by atoms with Gasteiger partial charge in [0, 0.05) is 31.1 Å². The van der Waals surface area contributed by atoms with Gasteiger partial charge in [0.1, 0.15) is 12.4 Å². The quantitative estimate of drug-likeness (QED) is 0.287. The molecule has 132 valence electrons. The maximum absolute atomic E-state index is 5.57. The molecule has 0 saturated heterocycles. The van der Waals surface area contributed by atoms with Crippen LogP contribution in [0.15, 0.2) is 29.5 Å². The Balaban J connectivity index is 0.00000288. The van der Waals surface area contributed by atoms with Crippen LogP contribution in [0.3, 0.4) is 0 Å². The summed E-state index contributed by atoms with van der Waals surface area (Å²) in [5.41, 5.74) is 1.13. The summed E-state index contributed by atoms with van der Waals surface area (Å²) in [7, 11) is 1.76. The molecule has 0 aliphatic heterocycles. The number of hydrogen-bond acceptors (Lipinski definition) is 5. The SMILES string of the molecule is CN=C(NCCOc1cccnc1)NCCc1nc(C)c(C)s1.I. The highest BCUT2D eigenvalue weighted by Crippen LogP contribution is 2.16. The Morgan fingerprint density at radius 1 is 1.29 bits per heavy atom. The monoisotopic (exact) mass is 461 g/mol. The lowest BCUT2D eigenvalue weighted by molar-refractivity contribution is 0.320. The van der Waals surface area contributed by atoms with Crippen molar-refractivity contribution in [1.82, 2.24) is 20.6 Å². The van der Waals surface area contributed by atoms with Gasteiger partial charge < -0.3 is 15.4 Å². The lowest BCUT2D eigenvalue weighted by Gasteiger charge is -2.11. The topological polar surface area (TPSA) is 71.4 Å². The van der Waals surface area contributed by atoms with Gasteiger partial charge in [0.05, 0.1) is 23.4 Å². The van der Waals surface area contributed by atoms with Gasteiger partial charge in [-0.05, 0) is 26.0 Å². The van der Waals surface area contributed by atoms with E-state index < -0.39 is 0 Å². The van der Waals surface area contributed by atoms with E-state index in [1.54, 1.807) is 30.8 Å². The standard InChI is InChI=1S/C16H23N5OS.HI/c1-12-13(2)23-15(21-12)6-8-19-16(17-3)20-9-10-22-14-5-4-7-18-11-14;/h4-5,7,11H,6,8-10H2,1-3H3,(H2,17,19,20);1H. The summed E-state index contributed by atoms with van der Waals surface area (Å²) in [6, 6.07) is 3.74. The maximum atomic E-state index is 5.57. The van der Waals surface area contributed by atoms with Crippen LogP contribution in [-0.4, -0.2) is 42.7 Å². The molecule has 0 radical (unpaired) electrons. The number of halogens is 1. The fourth-order valence-corrected chi connectivity index (χ4v) is 2.86. The first-order valence-electron chi connectivity index (χ1n) is 7.59. The maximum Gasteiger partial charge on any atom is 0.191 e. The minimum atomic E-state index is 0. The number of thiazole rings is 1. The Labute approximate surface area is 164 Å². The summed E-state index contributed by atoms with van der Waals surface area (Å²) in [5, 5.41) is 7.66. The molecule has 0 bridgehead atoms. The normalized spacial score (nSPS) is 10.9. The number of rotatable bonds is 7. The van der Waals surface area contributed by atoms with Gasteiger partial charge in [-0.3, -0.25) is 9.98 Å². The number of nitrogens with zero attached hydrogens (tertiary/aromatic N) is 3. The van der Waals surface area contributed by atoms with E-state index in [0.717, 1.165) is 35.4 Å². The third-order valence-electron chi connectivity index (χ3n) is 3.23. The van der Waals surface area contributed by atoms with Gasteiger partial charge in [0.2, 0.25) is 0 Å². The summed E-state index contributed by atoms with van der Waals surface area (Å²) in [4.78, 5) is 14.0. The molecule has 0 aromatic carbocycles. The molecule has 8 heteroatoms. The van der Waals surface area contributed by atoms with Gasteiger partial charge in [-0.25, -0.2) is 4.98 Å². The molecule has 0 saturated carbocycles. The third-order valence-corrected chi connectivity index (χ3v) is 4.36. The average molecular weight is 461 g/mol. The van der Waals surface area contributed by atoms with Gasteiger partial charge in [0.15, 0.2) is 5.96 Å². The molecule has 2 aromatic heterocycles. The molecule has 0 spiro atoms. The third kappa shape index (κ3) is 7.00. The second-order valence-electron chi connectivity index (χ2n) is 4.96. The van der Waals surface area contributed by atoms with Crippen LogP contribution in [-0.2, 0) is 6.42 Å². The minimum Gasteiger partial charge on any atom is -0.490 e. The first-order chi connectivity index (χ1) is 11.2. The van der Waals surface area contributed by atoms with E-state index >= 15 is 0 Å². The van der Waals surface area contributed by atoms with Crippen LogP contribution in [0.1, 0.15) is 15.6 Å². The molecule has 2 rings (SSSR count). The Bertz CT molecular complexity index is 613. The van der Waals surface area contributed by atoms with Crippen LogP contribution in [0.2, 0.25) is 0 Å². The van der Waals surface area contributed by atoms with Gasteiger partial charge in [-0.15, -0.1) is 35.3 Å². The zero-order valence-corrected chi connectivity index (χ0v) is 17.4. The lowest BCUT2D eigenvalue weighted by atomic mass is 10.4. The smallest absolute Gasteiger partial charge is 0.191 e. The molecular formula is C16H24IN5OS. The second-order valence-corrected chi connectivity index (χ2v) is 6.25. The number of pyridine rings is 1. The van der Waals surface area contributed by atoms with Crippen molar-refractivity contribution in [2.45, 2.75) is 20.3 Å². The Morgan fingerprint density at radius 2 is 2.08 bits per heavy atom. The number of aryl methyl sites for hydroxylation is 2. The van der Waals surface area contributed by atoms with Crippen molar-refractivity contribution < 1.29 is 4.74 Å². The molecule has 2 aromatic rings. The van der Waals surface area contributed by atoms with Crippen LogP contribution in [0, 0.1) is 13.8 Å². The molecule has 6 nitrogen and oxygen atoms in total. The summed E-state index contributed by atoms with van der Waals surface area (Å²) >= 11 is 1.76. The minimum absolute atomic E-state index is 0. The molecule has 24 heavy (non-hydrogen) atoms. The van der Waals surface area contributed by atoms with Crippen molar-refractivity contribution in [1.29, 1.82) is 0 Å². The highest BCUT2D eigenvalue weighted by molar-refractivity contribution is 14.0. The summed E-state index contributed by atoms with van der Waals surface area (Å²) in [5.74, 6) is 1.54. The Hall–Kier alpha value is -1.42. The van der Waals surface area contributed by atoms with Crippen LogP contribution < -0.4 is 15.4 Å². The average Bonchev–Trinajstić information content (AvgIpc) is 2.89. The summed E-state index contributed by atoms with van der Waals surface area (Å²) in [6.45, 7) is 6.18. The van der Waals surface area contributed by atoms with Gasteiger partial charge in [-0.1, -0.05) is 0 Å². The number of aromatic nitrogens is 2. The van der Waals surface area contributed by atoms with Crippen molar-refractivity contribution >= 4 is 41.3 Å². The summed E-state index contributed by atoms with van der Waals surface area (Å²) < 4.78 is 5.57. The number of hydrogen-bond donors (Lipinski definition) is 2. The zero-order valence-electron chi connectivity index (χ0n) is 14.2. The predicted octanol–water partition coefficient (Wildman–Crippen LogP) is 2.56. The molecule has 0 amide bonds. The van der Waals surface area contributed by atoms with Crippen molar-refractivity contribution in [2.75, 3.05) is 26.7 Å². The van der Waals surface area contributed by atoms with E-state index in [0.29, 0.717) is 13.2 Å². The second kappa shape index (κ2) is 11.2. The Morgan fingerprint density at radius 3 is 2.71 bits per heavy atom. The largest absolute Gasteiger partial charge is 0.490 e. The van der Waals surface area contributed by atoms with Crippen molar-refractivity contribution in [3.8, 4) is 5.75 Å². The van der Waals surface area contributed by atoms with Gasteiger partial charge in [-0.2, -0.15) is 0 Å². The van der Waals surface area contributed by atoms with E-state index in [-0.39, 0.29) is 24.0 Å². The van der Waals surface area contributed by atoms with E-state index in [1.165, 1.54) is 4.88 Å². The molecule has 0 unspecified atom stereocenters. The predicted molar refractivity (Wildman–Crippen MR) is 110 cm³/mol. The lowest BCUT2D eigenvalue weighted by Crippen LogP contribution is -2.40. The number of nitrogens with one attached hydrogen (secondary N) is 2. The summed E-state index contributed by atoms with van der Waals surface area (Å²) in [6.07, 6.45) is 4.32. The molecule has 0 fully saturated rings. The zero-order chi connectivity index (χ0) is 16.5. The van der Waals surface area contributed by atoms with Crippen LogP contribution in [0.5, 0.6) is 5.75 Å². The number of guanidine groups is 1. The van der Waals surface area contributed by atoms with Gasteiger partial charge >= 0.3 is 0 Å². The first kappa shape index (κ1) is 20.6. The molecule has 2 N–H and O–H groups in total. The first-order valence-corrected chi connectivity index (χ1v) is 8.41. The molecule has 0 atom stereocenters. The molecule has 0 aliphatic rings. The fraction of sp³-hybridized carbons (Fsp3) is 0.438. The molecular weight excluding hydrogens is 437 g/mol. The number of ether oxygens (including phenoxy) is 1. The van der Waals surface area contributed by atoms with Crippen molar-refractivity contribution in [3.05, 3.63) is 40.1 Å².